The van der Waals surface area contributed by atoms with Crippen LogP contribution < -0.4 is 14.2 Å². The summed E-state index contributed by atoms with van der Waals surface area (Å²) in [6.45, 7) is 15.5. The Morgan fingerprint density at radius 2 is 0.385 bits per heavy atom. The first-order chi connectivity index (χ1) is 47.0. The van der Waals surface area contributed by atoms with Crippen LogP contribution in [0.4, 0.5) is 0 Å². The van der Waals surface area contributed by atoms with Crippen molar-refractivity contribution in [3.8, 4) is 17.2 Å². The molecule has 498 valence electrons. The molecule has 0 saturated heterocycles. The van der Waals surface area contributed by atoms with Crippen LogP contribution in [0.5, 0.6) is 17.2 Å². The maximum absolute atomic E-state index is 13.9. The molecule has 0 spiro atoms. The number of esters is 3. The second-order valence-corrected chi connectivity index (χ2v) is 24.5. The van der Waals surface area contributed by atoms with Crippen molar-refractivity contribution in [2.24, 2.45) is 0 Å². The SMILES string of the molecule is CCCCCCOC(=O)c1cc2c#cc3cc(OCCCCCC)cc(c#cc4cc(OCCCCCC)cc(c#cc5cc(OCCCCCC)cc(c#cc6cc(C(=O)OCCCCCC)cc(c#cc7cc(C(=O)OCCCCCC)cc(c#cc(c1)c2)c7)c6)c5)c4)c3. The van der Waals surface area contributed by atoms with Crippen LogP contribution in [0.2, 0.25) is 0 Å². The van der Waals surface area contributed by atoms with Gasteiger partial charge in [0.05, 0.1) is 56.3 Å². The number of carbonyl (C=O) groups excluding carboxylic acids is 3. The fourth-order valence-electron chi connectivity index (χ4n) is 10.5. The van der Waals surface area contributed by atoms with E-state index in [2.05, 4.69) is 114 Å². The maximum Gasteiger partial charge on any atom is 0.338 e. The van der Waals surface area contributed by atoms with Crippen molar-refractivity contribution in [3.63, 3.8) is 0 Å². The molecule has 12 bridgehead atoms. The predicted octanol–water partition coefficient (Wildman–Crippen LogP) is 22.4. The highest BCUT2D eigenvalue weighted by atomic mass is 16.5. The molecule has 7 rings (SSSR count). The van der Waals surface area contributed by atoms with E-state index in [1.54, 1.807) is 42.5 Å². The van der Waals surface area contributed by atoms with Crippen molar-refractivity contribution in [2.45, 2.75) is 196 Å². The summed E-state index contributed by atoms with van der Waals surface area (Å²) in [5.41, 5.74) is 0.885. The summed E-state index contributed by atoms with van der Waals surface area (Å²) in [6.07, 6.45) is 24.1. The summed E-state index contributed by atoms with van der Waals surface area (Å²) in [5, 5.41) is 7.20. The minimum Gasteiger partial charge on any atom is -0.494 e. The lowest BCUT2D eigenvalue weighted by Gasteiger charge is -2.06. The molecule has 0 N–H and O–H groups in total. The van der Waals surface area contributed by atoms with E-state index in [1.807, 2.05) is 66.7 Å². The molecule has 0 saturated carbocycles. The van der Waals surface area contributed by atoms with E-state index in [4.69, 9.17) is 28.4 Å². The minimum atomic E-state index is -0.501. The van der Waals surface area contributed by atoms with Crippen LogP contribution in [0, 0.1) is 72.8 Å². The predicted molar refractivity (Wildman–Crippen MR) is 389 cm³/mol. The van der Waals surface area contributed by atoms with Gasteiger partial charge in [-0.1, -0.05) is 230 Å². The number of ether oxygens (including phenoxy) is 6. The zero-order chi connectivity index (χ0) is 67.8. The Kier molecular flexibility index (Phi) is 32.9. The molecule has 96 heavy (non-hydrogen) atoms. The van der Waals surface area contributed by atoms with Gasteiger partial charge >= 0.3 is 17.9 Å². The third-order valence-electron chi connectivity index (χ3n) is 15.8. The van der Waals surface area contributed by atoms with Crippen molar-refractivity contribution in [2.75, 3.05) is 39.6 Å². The Bertz CT molecular complexity index is 3700. The highest BCUT2D eigenvalue weighted by Crippen LogP contribution is 2.23. The first kappa shape index (κ1) is 73.9. The number of benzene rings is 6. The molecule has 0 unspecified atom stereocenters. The summed E-state index contributed by atoms with van der Waals surface area (Å²) in [6, 6.07) is 73.5. The molecular weight excluding hydrogens is 1190 g/mol. The zero-order valence-electron chi connectivity index (χ0n) is 57.8. The van der Waals surface area contributed by atoms with E-state index >= 15 is 0 Å². The molecule has 0 heterocycles. The van der Waals surface area contributed by atoms with Crippen LogP contribution in [0.25, 0.3) is 64.6 Å². The van der Waals surface area contributed by atoms with Crippen LogP contribution in [-0.4, -0.2) is 57.5 Å². The van der Waals surface area contributed by atoms with Crippen molar-refractivity contribution in [1.82, 2.24) is 0 Å². The second kappa shape index (κ2) is 42.7. The highest BCUT2D eigenvalue weighted by Gasteiger charge is 2.11. The van der Waals surface area contributed by atoms with Gasteiger partial charge in [0.2, 0.25) is 0 Å². The molecular formula is C87H96O9. The van der Waals surface area contributed by atoms with Gasteiger partial charge in [0.15, 0.2) is 0 Å². The van der Waals surface area contributed by atoms with Crippen molar-refractivity contribution in [3.05, 3.63) is 199 Å². The Balaban J connectivity index is 1.52. The minimum absolute atomic E-state index is 0.270. The molecule has 0 radical (unpaired) electrons. The Hall–Kier alpha value is -9.51. The molecule has 9 nitrogen and oxygen atoms in total. The number of rotatable bonds is 36. The average molecular weight is 1290 g/mol. The molecule has 0 aliphatic rings. The lowest BCUT2D eigenvalue weighted by molar-refractivity contribution is 0.0489. The Morgan fingerprint density at radius 1 is 0.219 bits per heavy atom. The van der Waals surface area contributed by atoms with E-state index in [9.17, 15) is 14.4 Å². The second-order valence-electron chi connectivity index (χ2n) is 24.5. The molecule has 9 heteroatoms. The quantitative estimate of drug-likeness (QED) is 0.0216. The van der Waals surface area contributed by atoms with Gasteiger partial charge in [0, 0.05) is 64.6 Å². The summed E-state index contributed by atoms with van der Waals surface area (Å²) < 4.78 is 36.7. The summed E-state index contributed by atoms with van der Waals surface area (Å²) in [5.74, 6) is 0.499. The van der Waals surface area contributed by atoms with Crippen LogP contribution in [0.3, 0.4) is 0 Å². The van der Waals surface area contributed by atoms with Gasteiger partial charge in [0.25, 0.3) is 0 Å². The molecule has 0 aliphatic heterocycles. The third kappa shape index (κ3) is 27.4. The lowest BCUT2D eigenvalue weighted by Crippen LogP contribution is -2.06. The fraction of sp³-hybridized carbons (Fsp3) is 0.414. The number of hydrogen-bond donors (Lipinski definition) is 0. The van der Waals surface area contributed by atoms with Crippen molar-refractivity contribution < 1.29 is 42.8 Å². The zero-order valence-corrected chi connectivity index (χ0v) is 57.8. The third-order valence-corrected chi connectivity index (χ3v) is 15.8. The van der Waals surface area contributed by atoms with Crippen molar-refractivity contribution in [1.29, 1.82) is 0 Å². The normalized spacial score (nSPS) is 10.4. The molecule has 0 amide bonds. The monoisotopic (exact) mass is 1280 g/mol. The van der Waals surface area contributed by atoms with Gasteiger partial charge in [-0.25, -0.2) is 14.4 Å². The number of carbonyl (C=O) groups is 3. The van der Waals surface area contributed by atoms with E-state index in [0.29, 0.717) is 113 Å². The number of hydrogen-bond acceptors (Lipinski definition) is 9. The average Bonchev–Trinajstić information content (AvgIpc) is 1.01. The summed E-state index contributed by atoms with van der Waals surface area (Å²) in [7, 11) is 0. The molecule has 7 aromatic carbocycles. The highest BCUT2D eigenvalue weighted by molar-refractivity contribution is 5.95. The Labute approximate surface area is 573 Å². The Morgan fingerprint density at radius 3 is 0.562 bits per heavy atom. The summed E-state index contributed by atoms with van der Waals surface area (Å²) >= 11 is 0. The summed E-state index contributed by atoms with van der Waals surface area (Å²) in [4.78, 5) is 41.7. The largest absolute Gasteiger partial charge is 0.494 e. The first-order valence-electron chi connectivity index (χ1n) is 35.5. The van der Waals surface area contributed by atoms with Gasteiger partial charge in [-0.05, 0) is 148 Å². The maximum atomic E-state index is 13.9. The molecule has 0 fully saturated rings. The standard InChI is InChI=1S/C87H96O9/c1-7-13-19-25-43-91-82-61-73-37-35-71-50-69(57-80(59-71)86(89)95-47-29-23-17-11-5)33-31-67-49-68(56-79(55-67)85(88)94-46-28-22-16-10-4)32-34-70-51-72(60-81(58-70)87(90)96-48-30-24-18-12-6)36-38-74-53-76(64-83(62-74)92-44-26-20-14-8-2)40-42-78-54-77(41-39-75(52-73)63-82)65-84(66-78)93-45-27-21-15-9-3/h49-66H,7-30,43-48H2,1-6H3. The van der Waals surface area contributed by atoms with Crippen LogP contribution >= 0.6 is 0 Å². The van der Waals surface area contributed by atoms with Gasteiger partial charge < -0.3 is 28.4 Å². The first-order valence-corrected chi connectivity index (χ1v) is 35.5. The van der Waals surface area contributed by atoms with Gasteiger partial charge in [-0.2, -0.15) is 0 Å². The van der Waals surface area contributed by atoms with Gasteiger partial charge in [0.1, 0.15) is 17.2 Å². The topological polar surface area (TPSA) is 107 Å². The fourth-order valence-corrected chi connectivity index (χ4v) is 10.5. The number of unbranched alkanes of at least 4 members (excludes halogenated alkanes) is 18. The van der Waals surface area contributed by atoms with E-state index in [-0.39, 0.29) is 25.4 Å². The van der Waals surface area contributed by atoms with E-state index < -0.39 is 17.9 Å². The van der Waals surface area contributed by atoms with Gasteiger partial charge in [-0.15, -0.1) is 0 Å². The molecule has 7 aromatic rings. The van der Waals surface area contributed by atoms with E-state index in [1.165, 1.54) is 0 Å². The van der Waals surface area contributed by atoms with Crippen LogP contribution in [0.15, 0.2) is 109 Å². The van der Waals surface area contributed by atoms with Crippen molar-refractivity contribution >= 4 is 82.5 Å². The lowest BCUT2D eigenvalue weighted by atomic mass is 10.1. The van der Waals surface area contributed by atoms with Crippen LogP contribution in [-0.2, 0) is 14.2 Å². The van der Waals surface area contributed by atoms with Gasteiger partial charge in [-0.3, -0.25) is 0 Å². The smallest absolute Gasteiger partial charge is 0.338 e. The molecule has 0 aromatic heterocycles. The number of fused-ring (bicyclic) bond motifs is 12. The molecule has 0 aliphatic carbocycles. The van der Waals surface area contributed by atoms with E-state index in [0.717, 1.165) is 154 Å². The van der Waals surface area contributed by atoms with Crippen LogP contribution in [0.1, 0.15) is 227 Å². The molecule has 0 atom stereocenters.